The second-order valence-corrected chi connectivity index (χ2v) is 9.67. The van der Waals surface area contributed by atoms with E-state index in [1.54, 1.807) is 12.1 Å². The molecule has 1 aliphatic rings. The molecular formula is C22H30N4O3S. The number of carbonyl (C=O) groups excluding carboxylic acids is 1. The molecular weight excluding hydrogens is 400 g/mol. The van der Waals surface area contributed by atoms with Crippen LogP contribution in [0.25, 0.3) is 0 Å². The van der Waals surface area contributed by atoms with Crippen molar-refractivity contribution >= 4 is 27.3 Å². The van der Waals surface area contributed by atoms with Gasteiger partial charge in [-0.25, -0.2) is 8.42 Å². The minimum absolute atomic E-state index is 0.244. The van der Waals surface area contributed by atoms with E-state index in [0.717, 1.165) is 43.7 Å². The van der Waals surface area contributed by atoms with Crippen molar-refractivity contribution in [3.05, 3.63) is 59.2 Å². The molecule has 0 bridgehead atoms. The summed E-state index contributed by atoms with van der Waals surface area (Å²) in [6.45, 7) is 7.90. The van der Waals surface area contributed by atoms with Crippen LogP contribution in [0.4, 0.5) is 11.4 Å². The molecule has 30 heavy (non-hydrogen) atoms. The van der Waals surface area contributed by atoms with E-state index in [1.165, 1.54) is 5.56 Å². The van der Waals surface area contributed by atoms with Gasteiger partial charge in [0, 0.05) is 38.3 Å². The van der Waals surface area contributed by atoms with Gasteiger partial charge in [-0.2, -0.15) is 0 Å². The Morgan fingerprint density at radius 3 is 2.37 bits per heavy atom. The quantitative estimate of drug-likeness (QED) is 0.628. The largest absolute Gasteiger partial charge is 0.367 e. The van der Waals surface area contributed by atoms with E-state index < -0.39 is 10.0 Å². The van der Waals surface area contributed by atoms with Gasteiger partial charge in [0.15, 0.2) is 0 Å². The fraction of sp³-hybridized carbons (Fsp3) is 0.409. The topological polar surface area (TPSA) is 90.5 Å². The van der Waals surface area contributed by atoms with Crippen LogP contribution < -0.4 is 20.3 Å². The van der Waals surface area contributed by atoms with Gasteiger partial charge in [0.1, 0.15) is 0 Å². The second-order valence-electron chi connectivity index (χ2n) is 7.92. The molecule has 2 aromatic carbocycles. The Labute approximate surface area is 178 Å². The van der Waals surface area contributed by atoms with Crippen molar-refractivity contribution in [3.63, 3.8) is 0 Å². The van der Waals surface area contributed by atoms with Crippen LogP contribution in [-0.4, -0.2) is 46.8 Å². The molecule has 3 rings (SSSR count). The standard InChI is InChI=1S/C22H30N4O3S/c1-16(2)18-6-4-17(5-7-18)15-24-22(27)19-8-9-21(26-12-10-23-11-13-26)20(14-19)25-30(3,28)29/h4-9,14,16,23,25H,10-13,15H2,1-3H3,(H,24,27). The summed E-state index contributed by atoms with van der Waals surface area (Å²) in [4.78, 5) is 14.8. The molecule has 0 aromatic heterocycles. The third-order valence-corrected chi connectivity index (χ3v) is 5.70. The van der Waals surface area contributed by atoms with E-state index in [-0.39, 0.29) is 5.91 Å². The molecule has 1 amide bonds. The fourth-order valence-electron chi connectivity index (χ4n) is 3.45. The summed E-state index contributed by atoms with van der Waals surface area (Å²) < 4.78 is 26.3. The number of hydrogen-bond acceptors (Lipinski definition) is 5. The van der Waals surface area contributed by atoms with Gasteiger partial charge >= 0.3 is 0 Å². The average Bonchev–Trinajstić information content (AvgIpc) is 2.71. The number of benzene rings is 2. The first kappa shape index (κ1) is 22.1. The molecule has 0 unspecified atom stereocenters. The normalized spacial score (nSPS) is 14.6. The highest BCUT2D eigenvalue weighted by atomic mass is 32.2. The number of nitrogens with one attached hydrogen (secondary N) is 3. The number of anilines is 2. The predicted molar refractivity (Wildman–Crippen MR) is 122 cm³/mol. The first-order valence-corrected chi connectivity index (χ1v) is 12.1. The van der Waals surface area contributed by atoms with Crippen molar-refractivity contribution in [3.8, 4) is 0 Å². The Morgan fingerprint density at radius 2 is 1.77 bits per heavy atom. The molecule has 8 heteroatoms. The molecule has 7 nitrogen and oxygen atoms in total. The van der Waals surface area contributed by atoms with Gasteiger partial charge in [0.25, 0.3) is 5.91 Å². The number of carbonyl (C=O) groups is 1. The predicted octanol–water partition coefficient (Wildman–Crippen LogP) is 2.52. The number of rotatable bonds is 7. The van der Waals surface area contributed by atoms with Crippen LogP contribution in [0.3, 0.4) is 0 Å². The first-order valence-electron chi connectivity index (χ1n) is 10.2. The Balaban J connectivity index is 1.75. The van der Waals surface area contributed by atoms with Crippen LogP contribution in [-0.2, 0) is 16.6 Å². The lowest BCUT2D eigenvalue weighted by atomic mass is 10.0. The highest BCUT2D eigenvalue weighted by molar-refractivity contribution is 7.92. The smallest absolute Gasteiger partial charge is 0.251 e. The Hall–Kier alpha value is -2.58. The zero-order valence-electron chi connectivity index (χ0n) is 17.7. The van der Waals surface area contributed by atoms with Crippen LogP contribution in [0.1, 0.15) is 41.3 Å². The van der Waals surface area contributed by atoms with Crippen LogP contribution in [0.15, 0.2) is 42.5 Å². The summed E-state index contributed by atoms with van der Waals surface area (Å²) in [5, 5.41) is 6.19. The van der Waals surface area contributed by atoms with Crippen LogP contribution in [0.5, 0.6) is 0 Å². The van der Waals surface area contributed by atoms with Crippen molar-refractivity contribution in [2.24, 2.45) is 0 Å². The van der Waals surface area contributed by atoms with Gasteiger partial charge in [-0.05, 0) is 35.2 Å². The minimum atomic E-state index is -3.47. The molecule has 1 saturated heterocycles. The third-order valence-electron chi connectivity index (χ3n) is 5.11. The summed E-state index contributed by atoms with van der Waals surface area (Å²) in [7, 11) is -3.47. The number of nitrogens with zero attached hydrogens (tertiary/aromatic N) is 1. The molecule has 0 saturated carbocycles. The SMILES string of the molecule is CC(C)c1ccc(CNC(=O)c2ccc(N3CCNCC3)c(NS(C)(=O)=O)c2)cc1. The zero-order chi connectivity index (χ0) is 21.7. The number of amides is 1. The van der Waals surface area contributed by atoms with E-state index in [1.807, 2.05) is 18.2 Å². The van der Waals surface area contributed by atoms with Gasteiger partial charge in [0.2, 0.25) is 10.0 Å². The number of piperazine rings is 1. The van der Waals surface area contributed by atoms with Crippen molar-refractivity contribution in [1.82, 2.24) is 10.6 Å². The van der Waals surface area contributed by atoms with Crippen molar-refractivity contribution in [1.29, 1.82) is 0 Å². The summed E-state index contributed by atoms with van der Waals surface area (Å²) in [6, 6.07) is 13.3. The van der Waals surface area contributed by atoms with Gasteiger partial charge in [-0.15, -0.1) is 0 Å². The fourth-order valence-corrected chi connectivity index (χ4v) is 4.01. The Kier molecular flexibility index (Phi) is 6.99. The second kappa shape index (κ2) is 9.49. The van der Waals surface area contributed by atoms with Crippen molar-refractivity contribution in [2.75, 3.05) is 42.1 Å². The third kappa shape index (κ3) is 5.96. The van der Waals surface area contributed by atoms with Crippen LogP contribution in [0, 0.1) is 0 Å². The molecule has 0 radical (unpaired) electrons. The molecule has 0 atom stereocenters. The summed E-state index contributed by atoms with van der Waals surface area (Å²) >= 11 is 0. The lowest BCUT2D eigenvalue weighted by Gasteiger charge is -2.31. The lowest BCUT2D eigenvalue weighted by Crippen LogP contribution is -2.43. The van der Waals surface area contributed by atoms with Crippen LogP contribution in [0.2, 0.25) is 0 Å². The molecule has 0 aliphatic carbocycles. The molecule has 1 heterocycles. The number of hydrogen-bond donors (Lipinski definition) is 3. The van der Waals surface area contributed by atoms with E-state index in [4.69, 9.17) is 0 Å². The average molecular weight is 431 g/mol. The maximum absolute atomic E-state index is 12.7. The molecule has 0 spiro atoms. The summed E-state index contributed by atoms with van der Waals surface area (Å²) in [5.74, 6) is 0.218. The van der Waals surface area contributed by atoms with E-state index in [9.17, 15) is 13.2 Å². The monoisotopic (exact) mass is 430 g/mol. The molecule has 2 aromatic rings. The number of sulfonamides is 1. The van der Waals surface area contributed by atoms with E-state index in [2.05, 4.69) is 46.2 Å². The Bertz CT molecular complexity index is 982. The van der Waals surface area contributed by atoms with Crippen molar-refractivity contribution in [2.45, 2.75) is 26.3 Å². The minimum Gasteiger partial charge on any atom is -0.367 e. The van der Waals surface area contributed by atoms with Gasteiger partial charge in [-0.3, -0.25) is 9.52 Å². The highest BCUT2D eigenvalue weighted by Gasteiger charge is 2.18. The molecule has 162 valence electrons. The lowest BCUT2D eigenvalue weighted by molar-refractivity contribution is 0.0951. The highest BCUT2D eigenvalue weighted by Crippen LogP contribution is 2.28. The summed E-state index contributed by atoms with van der Waals surface area (Å²) in [6.07, 6.45) is 1.11. The molecule has 1 fully saturated rings. The zero-order valence-corrected chi connectivity index (χ0v) is 18.6. The van der Waals surface area contributed by atoms with Gasteiger partial charge in [-0.1, -0.05) is 38.1 Å². The van der Waals surface area contributed by atoms with Crippen LogP contribution >= 0.6 is 0 Å². The van der Waals surface area contributed by atoms with Gasteiger partial charge in [0.05, 0.1) is 17.6 Å². The first-order chi connectivity index (χ1) is 14.2. The Morgan fingerprint density at radius 1 is 1.10 bits per heavy atom. The van der Waals surface area contributed by atoms with Crippen molar-refractivity contribution < 1.29 is 13.2 Å². The maximum Gasteiger partial charge on any atom is 0.251 e. The van der Waals surface area contributed by atoms with E-state index >= 15 is 0 Å². The van der Waals surface area contributed by atoms with Gasteiger partial charge < -0.3 is 15.5 Å². The molecule has 1 aliphatic heterocycles. The summed E-state index contributed by atoms with van der Waals surface area (Å²) in [5.41, 5.74) is 3.89. The van der Waals surface area contributed by atoms with E-state index in [0.29, 0.717) is 23.7 Å². The molecule has 3 N–H and O–H groups in total. The maximum atomic E-state index is 12.7.